The van der Waals surface area contributed by atoms with Crippen LogP contribution in [0.15, 0.2) is 54.6 Å². The SMILES string of the molecule is Cn1nnc(-c2ccc(-c3n[nH]c(Cc4ccccc4)n3)cc2)n1. The van der Waals surface area contributed by atoms with E-state index in [0.717, 1.165) is 23.4 Å². The van der Waals surface area contributed by atoms with Crippen molar-refractivity contribution in [3.63, 3.8) is 0 Å². The van der Waals surface area contributed by atoms with Gasteiger partial charge in [-0.05, 0) is 10.8 Å². The van der Waals surface area contributed by atoms with E-state index in [9.17, 15) is 0 Å². The van der Waals surface area contributed by atoms with Gasteiger partial charge in [0.2, 0.25) is 5.82 Å². The van der Waals surface area contributed by atoms with Crippen molar-refractivity contribution < 1.29 is 0 Å². The Bertz CT molecular complexity index is 939. The predicted octanol–water partition coefficient (Wildman–Crippen LogP) is 2.25. The van der Waals surface area contributed by atoms with Gasteiger partial charge < -0.3 is 0 Å². The van der Waals surface area contributed by atoms with Crippen molar-refractivity contribution in [2.24, 2.45) is 7.05 Å². The third kappa shape index (κ3) is 2.91. The topological polar surface area (TPSA) is 85.2 Å². The molecule has 0 atom stereocenters. The van der Waals surface area contributed by atoms with E-state index < -0.39 is 0 Å². The second-order valence-electron chi connectivity index (χ2n) is 5.45. The van der Waals surface area contributed by atoms with Gasteiger partial charge in [-0.25, -0.2) is 4.98 Å². The minimum absolute atomic E-state index is 0.601. The van der Waals surface area contributed by atoms with Gasteiger partial charge >= 0.3 is 0 Å². The van der Waals surface area contributed by atoms with Gasteiger partial charge in [-0.15, -0.1) is 10.2 Å². The minimum atomic E-state index is 0.601. The van der Waals surface area contributed by atoms with Crippen LogP contribution in [-0.2, 0) is 13.5 Å². The zero-order valence-electron chi connectivity index (χ0n) is 13.1. The van der Waals surface area contributed by atoms with E-state index in [0.29, 0.717) is 11.6 Å². The van der Waals surface area contributed by atoms with E-state index in [1.54, 1.807) is 7.05 Å². The summed E-state index contributed by atoms with van der Waals surface area (Å²) in [7, 11) is 1.74. The fraction of sp³-hybridized carbons (Fsp3) is 0.118. The molecular formula is C17H15N7. The number of tetrazole rings is 1. The Labute approximate surface area is 138 Å². The van der Waals surface area contributed by atoms with Crippen molar-refractivity contribution in [2.75, 3.05) is 0 Å². The fourth-order valence-corrected chi connectivity index (χ4v) is 2.46. The number of nitrogens with zero attached hydrogens (tertiary/aromatic N) is 6. The van der Waals surface area contributed by atoms with Crippen LogP contribution in [0.5, 0.6) is 0 Å². The molecule has 0 aliphatic heterocycles. The number of rotatable bonds is 4. The van der Waals surface area contributed by atoms with Crippen LogP contribution in [0.2, 0.25) is 0 Å². The van der Waals surface area contributed by atoms with Crippen LogP contribution in [0.25, 0.3) is 22.8 Å². The Morgan fingerprint density at radius 2 is 1.62 bits per heavy atom. The molecule has 2 heterocycles. The van der Waals surface area contributed by atoms with Gasteiger partial charge in [0.05, 0.1) is 7.05 Å². The lowest BCUT2D eigenvalue weighted by molar-refractivity contribution is 0.630. The summed E-state index contributed by atoms with van der Waals surface area (Å²) in [5.41, 5.74) is 3.05. The van der Waals surface area contributed by atoms with Crippen LogP contribution in [0.3, 0.4) is 0 Å². The lowest BCUT2D eigenvalue weighted by atomic mass is 10.1. The second-order valence-corrected chi connectivity index (χ2v) is 5.45. The van der Waals surface area contributed by atoms with E-state index in [2.05, 4.69) is 42.7 Å². The number of nitrogens with one attached hydrogen (secondary N) is 1. The molecule has 7 nitrogen and oxygen atoms in total. The number of aromatic amines is 1. The lowest BCUT2D eigenvalue weighted by Crippen LogP contribution is -1.92. The molecule has 7 heteroatoms. The highest BCUT2D eigenvalue weighted by Gasteiger charge is 2.09. The van der Waals surface area contributed by atoms with Gasteiger partial charge in [0.25, 0.3) is 0 Å². The normalized spacial score (nSPS) is 10.9. The van der Waals surface area contributed by atoms with Crippen LogP contribution >= 0.6 is 0 Å². The third-order valence-electron chi connectivity index (χ3n) is 3.66. The standard InChI is InChI=1S/C17H15N7/c1-24-22-17(21-23-24)14-9-7-13(8-10-14)16-18-15(19-20-16)11-12-5-3-2-4-6-12/h2-10H,11H2,1H3,(H,18,19,20). The Hall–Kier alpha value is -3.35. The zero-order chi connectivity index (χ0) is 16.4. The number of benzene rings is 2. The molecule has 0 bridgehead atoms. The molecule has 24 heavy (non-hydrogen) atoms. The number of aromatic nitrogens is 7. The van der Waals surface area contributed by atoms with E-state index in [1.165, 1.54) is 10.4 Å². The Morgan fingerprint density at radius 3 is 2.29 bits per heavy atom. The smallest absolute Gasteiger partial charge is 0.204 e. The largest absolute Gasteiger partial charge is 0.262 e. The number of H-pyrrole nitrogens is 1. The molecule has 0 radical (unpaired) electrons. The average Bonchev–Trinajstić information content (AvgIpc) is 3.25. The molecule has 2 aromatic heterocycles. The van der Waals surface area contributed by atoms with Crippen LogP contribution in [0.1, 0.15) is 11.4 Å². The van der Waals surface area contributed by atoms with Crippen molar-refractivity contribution in [2.45, 2.75) is 6.42 Å². The molecule has 0 amide bonds. The molecule has 0 saturated heterocycles. The van der Waals surface area contributed by atoms with Gasteiger partial charge in [-0.3, -0.25) is 5.10 Å². The summed E-state index contributed by atoms with van der Waals surface area (Å²) in [4.78, 5) is 6.01. The third-order valence-corrected chi connectivity index (χ3v) is 3.66. The average molecular weight is 317 g/mol. The van der Waals surface area contributed by atoms with Crippen molar-refractivity contribution in [3.05, 3.63) is 66.0 Å². The Balaban J connectivity index is 1.54. The highest BCUT2D eigenvalue weighted by Crippen LogP contribution is 2.20. The minimum Gasteiger partial charge on any atom is -0.262 e. The predicted molar refractivity (Wildman–Crippen MR) is 88.9 cm³/mol. The molecule has 0 spiro atoms. The van der Waals surface area contributed by atoms with Crippen LogP contribution < -0.4 is 0 Å². The maximum atomic E-state index is 4.57. The first-order valence-corrected chi connectivity index (χ1v) is 7.58. The monoisotopic (exact) mass is 317 g/mol. The van der Waals surface area contributed by atoms with Crippen molar-refractivity contribution >= 4 is 0 Å². The van der Waals surface area contributed by atoms with E-state index in [-0.39, 0.29) is 0 Å². The fourth-order valence-electron chi connectivity index (χ4n) is 2.46. The summed E-state index contributed by atoms with van der Waals surface area (Å²) in [5.74, 6) is 2.12. The van der Waals surface area contributed by atoms with Gasteiger partial charge in [-0.1, -0.05) is 54.6 Å². The molecule has 1 N–H and O–H groups in total. The van der Waals surface area contributed by atoms with E-state index in [4.69, 9.17) is 0 Å². The van der Waals surface area contributed by atoms with Crippen molar-refractivity contribution in [1.82, 2.24) is 35.4 Å². The summed E-state index contributed by atoms with van der Waals surface area (Å²) >= 11 is 0. The highest BCUT2D eigenvalue weighted by molar-refractivity contribution is 5.62. The van der Waals surface area contributed by atoms with Crippen LogP contribution in [-0.4, -0.2) is 35.4 Å². The molecule has 0 aliphatic carbocycles. The van der Waals surface area contributed by atoms with Crippen molar-refractivity contribution in [3.8, 4) is 22.8 Å². The molecule has 0 fully saturated rings. The highest BCUT2D eigenvalue weighted by atomic mass is 15.6. The molecule has 0 saturated carbocycles. The van der Waals surface area contributed by atoms with E-state index in [1.807, 2.05) is 42.5 Å². The van der Waals surface area contributed by atoms with Gasteiger partial charge in [0.15, 0.2) is 5.82 Å². The summed E-state index contributed by atoms with van der Waals surface area (Å²) in [6, 6.07) is 18.0. The molecule has 118 valence electrons. The summed E-state index contributed by atoms with van der Waals surface area (Å²) in [6.07, 6.45) is 0.732. The number of hydrogen-bond donors (Lipinski definition) is 1. The van der Waals surface area contributed by atoms with Gasteiger partial charge in [0, 0.05) is 17.5 Å². The molecule has 2 aromatic carbocycles. The maximum Gasteiger partial charge on any atom is 0.204 e. The Kier molecular flexibility index (Phi) is 3.59. The molecule has 4 aromatic rings. The quantitative estimate of drug-likeness (QED) is 0.624. The number of hydrogen-bond acceptors (Lipinski definition) is 5. The maximum absolute atomic E-state index is 4.57. The molecule has 0 aliphatic rings. The first kappa shape index (κ1) is 14.3. The van der Waals surface area contributed by atoms with Gasteiger partial charge in [0.1, 0.15) is 5.82 Å². The van der Waals surface area contributed by atoms with E-state index >= 15 is 0 Å². The lowest BCUT2D eigenvalue weighted by Gasteiger charge is -1.98. The first-order chi connectivity index (χ1) is 11.8. The zero-order valence-corrected chi connectivity index (χ0v) is 13.1. The van der Waals surface area contributed by atoms with Crippen molar-refractivity contribution in [1.29, 1.82) is 0 Å². The molecular weight excluding hydrogens is 302 g/mol. The van der Waals surface area contributed by atoms with Gasteiger partial charge in [-0.2, -0.15) is 9.90 Å². The molecule has 0 unspecified atom stereocenters. The Morgan fingerprint density at radius 1 is 0.917 bits per heavy atom. The number of aryl methyl sites for hydroxylation is 1. The summed E-state index contributed by atoms with van der Waals surface area (Å²) < 4.78 is 0. The summed E-state index contributed by atoms with van der Waals surface area (Å²) in [6.45, 7) is 0. The molecule has 4 rings (SSSR count). The first-order valence-electron chi connectivity index (χ1n) is 7.58. The summed E-state index contributed by atoms with van der Waals surface area (Å²) in [5, 5.41) is 19.3. The second kappa shape index (κ2) is 6.04. The van der Waals surface area contributed by atoms with Crippen LogP contribution in [0, 0.1) is 0 Å². The van der Waals surface area contributed by atoms with Crippen LogP contribution in [0.4, 0.5) is 0 Å².